The quantitative estimate of drug-likeness (QED) is 0.664. The highest BCUT2D eigenvalue weighted by Gasteiger charge is 2.17. The van der Waals surface area contributed by atoms with Gasteiger partial charge in [0.1, 0.15) is 4.99 Å². The molecule has 1 aliphatic heterocycles. The Morgan fingerprint density at radius 1 is 1.28 bits per heavy atom. The van der Waals surface area contributed by atoms with Gasteiger partial charge in [0, 0.05) is 23.9 Å². The van der Waals surface area contributed by atoms with Gasteiger partial charge in [0.05, 0.1) is 0 Å². The van der Waals surface area contributed by atoms with Crippen molar-refractivity contribution in [3.05, 3.63) is 30.1 Å². The maximum atomic E-state index is 10.5. The average Bonchev–Trinajstić information content (AvgIpc) is 2.41. The van der Waals surface area contributed by atoms with E-state index >= 15 is 0 Å². The normalized spacial score (nSPS) is 15.3. The summed E-state index contributed by atoms with van der Waals surface area (Å²) in [6, 6.07) is 3.56. The number of aromatic nitrogens is 1. The van der Waals surface area contributed by atoms with Crippen molar-refractivity contribution in [1.82, 2.24) is 10.3 Å². The number of primary amides is 1. The van der Waals surface area contributed by atoms with Gasteiger partial charge < -0.3 is 16.8 Å². The Bertz CT molecular complexity index is 390. The molecule has 1 fully saturated rings. The van der Waals surface area contributed by atoms with Crippen LogP contribution in [0.2, 0.25) is 0 Å². The minimum Gasteiger partial charge on any atom is -0.389 e. The monoisotopic (exact) mass is 266 g/mol. The van der Waals surface area contributed by atoms with Crippen LogP contribution in [0, 0.1) is 5.92 Å². The van der Waals surface area contributed by atoms with Crippen molar-refractivity contribution in [3.63, 3.8) is 0 Å². The molecule has 5 nitrogen and oxygen atoms in total. The number of carbonyl (C=O) groups excluding carboxylic acids is 1. The number of pyridine rings is 1. The van der Waals surface area contributed by atoms with Crippen molar-refractivity contribution in [1.29, 1.82) is 0 Å². The summed E-state index contributed by atoms with van der Waals surface area (Å²) in [5.41, 5.74) is 11.3. The molecule has 6 heteroatoms. The molecule has 0 aromatic carbocycles. The van der Waals surface area contributed by atoms with Gasteiger partial charge in [-0.15, -0.1) is 0 Å². The zero-order valence-corrected chi connectivity index (χ0v) is 11.0. The highest BCUT2D eigenvalue weighted by atomic mass is 32.1. The molecule has 0 radical (unpaired) electrons. The van der Waals surface area contributed by atoms with Crippen molar-refractivity contribution >= 4 is 23.1 Å². The lowest BCUT2D eigenvalue weighted by atomic mass is 9.98. The molecule has 1 amide bonds. The van der Waals surface area contributed by atoms with Crippen LogP contribution in [0.5, 0.6) is 0 Å². The lowest BCUT2D eigenvalue weighted by Crippen LogP contribution is -2.34. The standard InChI is InChI=1S/C6H12N2O.C6H6N2S/c2*7-6(9)5-1-3-8-4-2-5/h5,8H,1-4H2,(H2,7,9);1-4H,(H2,7,9). The maximum Gasteiger partial charge on any atom is 0.220 e. The largest absolute Gasteiger partial charge is 0.389 e. The molecule has 18 heavy (non-hydrogen) atoms. The highest BCUT2D eigenvalue weighted by Crippen LogP contribution is 2.09. The summed E-state index contributed by atoms with van der Waals surface area (Å²) in [7, 11) is 0. The Labute approximate surface area is 112 Å². The zero-order valence-electron chi connectivity index (χ0n) is 10.1. The van der Waals surface area contributed by atoms with Gasteiger partial charge in [-0.25, -0.2) is 0 Å². The molecule has 2 rings (SSSR count). The number of carbonyl (C=O) groups is 1. The molecule has 0 bridgehead atoms. The van der Waals surface area contributed by atoms with Crippen LogP contribution in [0.1, 0.15) is 18.4 Å². The van der Waals surface area contributed by atoms with E-state index in [1.807, 2.05) is 0 Å². The van der Waals surface area contributed by atoms with Crippen LogP contribution < -0.4 is 16.8 Å². The lowest BCUT2D eigenvalue weighted by Gasteiger charge is -2.18. The smallest absolute Gasteiger partial charge is 0.220 e. The van der Waals surface area contributed by atoms with Crippen LogP contribution in [0.15, 0.2) is 24.5 Å². The van der Waals surface area contributed by atoms with Crippen LogP contribution in [-0.2, 0) is 4.79 Å². The maximum absolute atomic E-state index is 10.5. The summed E-state index contributed by atoms with van der Waals surface area (Å²) in [5.74, 6) is -0.0113. The molecule has 98 valence electrons. The molecular weight excluding hydrogens is 248 g/mol. The van der Waals surface area contributed by atoms with E-state index in [1.54, 1.807) is 24.5 Å². The number of hydrogen-bond donors (Lipinski definition) is 3. The van der Waals surface area contributed by atoms with Crippen LogP contribution in [0.3, 0.4) is 0 Å². The molecule has 0 aliphatic carbocycles. The number of nitrogens with one attached hydrogen (secondary N) is 1. The fraction of sp³-hybridized carbons (Fsp3) is 0.417. The SMILES string of the molecule is NC(=O)C1CCNCC1.NC(=S)c1ccncc1. The molecule has 1 saturated heterocycles. The molecule has 5 N–H and O–H groups in total. The molecule has 0 unspecified atom stereocenters. The number of thiocarbonyl (C=S) groups is 1. The second-order valence-corrected chi connectivity index (χ2v) is 4.47. The number of amides is 1. The molecule has 0 saturated carbocycles. The molecule has 0 atom stereocenters. The van der Waals surface area contributed by atoms with Crippen LogP contribution in [0.25, 0.3) is 0 Å². The van der Waals surface area contributed by atoms with Crippen molar-refractivity contribution < 1.29 is 4.79 Å². The summed E-state index contributed by atoms with van der Waals surface area (Å²) in [6.07, 6.45) is 5.15. The fourth-order valence-corrected chi connectivity index (χ4v) is 1.76. The van der Waals surface area contributed by atoms with Crippen LogP contribution >= 0.6 is 12.2 Å². The zero-order chi connectivity index (χ0) is 13.4. The van der Waals surface area contributed by atoms with Gasteiger partial charge in [-0.2, -0.15) is 0 Å². The molecular formula is C12H18N4OS. The molecule has 1 aromatic heterocycles. The summed E-state index contributed by atoms with van der Waals surface area (Å²) < 4.78 is 0. The first-order chi connectivity index (χ1) is 8.61. The van der Waals surface area contributed by atoms with Gasteiger partial charge in [0.2, 0.25) is 5.91 Å². The van der Waals surface area contributed by atoms with Crippen molar-refractivity contribution in [2.24, 2.45) is 17.4 Å². The third-order valence-corrected chi connectivity index (χ3v) is 2.94. The van der Waals surface area contributed by atoms with Gasteiger partial charge in [-0.05, 0) is 38.1 Å². The molecule has 1 aliphatic rings. The molecule has 2 heterocycles. The first-order valence-corrected chi connectivity index (χ1v) is 6.22. The van der Waals surface area contributed by atoms with Gasteiger partial charge in [0.15, 0.2) is 0 Å². The Morgan fingerprint density at radius 2 is 1.83 bits per heavy atom. The van der Waals surface area contributed by atoms with Crippen LogP contribution in [0.4, 0.5) is 0 Å². The Balaban J connectivity index is 0.000000180. The van der Waals surface area contributed by atoms with E-state index in [2.05, 4.69) is 10.3 Å². The van der Waals surface area contributed by atoms with E-state index in [1.165, 1.54) is 0 Å². The van der Waals surface area contributed by atoms with E-state index in [9.17, 15) is 4.79 Å². The summed E-state index contributed by atoms with van der Waals surface area (Å²) in [6.45, 7) is 1.88. The third kappa shape index (κ3) is 5.20. The number of piperidine rings is 1. The Kier molecular flexibility index (Phi) is 6.24. The summed E-state index contributed by atoms with van der Waals surface area (Å²) in [4.78, 5) is 14.8. The second kappa shape index (κ2) is 7.73. The van der Waals surface area contributed by atoms with E-state index in [4.69, 9.17) is 23.7 Å². The fourth-order valence-electron chi connectivity index (χ4n) is 1.62. The van der Waals surface area contributed by atoms with Crippen LogP contribution in [-0.4, -0.2) is 29.0 Å². The molecule has 0 spiro atoms. The topological polar surface area (TPSA) is 94.0 Å². The average molecular weight is 266 g/mol. The Hall–Kier alpha value is -1.53. The van der Waals surface area contributed by atoms with Gasteiger partial charge in [-0.3, -0.25) is 9.78 Å². The Morgan fingerprint density at radius 3 is 2.17 bits per heavy atom. The lowest BCUT2D eigenvalue weighted by molar-refractivity contribution is -0.122. The van der Waals surface area contributed by atoms with Gasteiger partial charge >= 0.3 is 0 Å². The summed E-state index contributed by atoms with van der Waals surface area (Å²) in [5, 5.41) is 3.16. The van der Waals surface area contributed by atoms with E-state index < -0.39 is 0 Å². The first-order valence-electron chi connectivity index (χ1n) is 5.81. The minimum absolute atomic E-state index is 0.131. The predicted octanol–water partition coefficient (Wildman–Crippen LogP) is 0.187. The van der Waals surface area contributed by atoms with Crippen molar-refractivity contribution in [3.8, 4) is 0 Å². The third-order valence-electron chi connectivity index (χ3n) is 2.71. The number of rotatable bonds is 2. The highest BCUT2D eigenvalue weighted by molar-refractivity contribution is 7.80. The minimum atomic E-state index is -0.142. The predicted molar refractivity (Wildman–Crippen MR) is 74.9 cm³/mol. The van der Waals surface area contributed by atoms with Crippen molar-refractivity contribution in [2.75, 3.05) is 13.1 Å². The van der Waals surface area contributed by atoms with E-state index in [0.717, 1.165) is 31.5 Å². The van der Waals surface area contributed by atoms with Crippen molar-refractivity contribution in [2.45, 2.75) is 12.8 Å². The summed E-state index contributed by atoms with van der Waals surface area (Å²) >= 11 is 4.71. The van der Waals surface area contributed by atoms with Gasteiger partial charge in [0.25, 0.3) is 0 Å². The second-order valence-electron chi connectivity index (χ2n) is 4.03. The van der Waals surface area contributed by atoms with E-state index in [-0.39, 0.29) is 11.8 Å². The first kappa shape index (κ1) is 14.5. The van der Waals surface area contributed by atoms with Gasteiger partial charge in [-0.1, -0.05) is 12.2 Å². The van der Waals surface area contributed by atoms with E-state index in [0.29, 0.717) is 4.99 Å². The number of nitrogens with zero attached hydrogens (tertiary/aromatic N) is 1. The number of nitrogens with two attached hydrogens (primary N) is 2. The molecule has 1 aromatic rings. The number of hydrogen-bond acceptors (Lipinski definition) is 4.